The molecule has 0 unspecified atom stereocenters. The molecule has 11 heteroatoms. The quantitative estimate of drug-likeness (QED) is 0.470. The molecule has 1 aliphatic heterocycles. The highest BCUT2D eigenvalue weighted by Gasteiger charge is 2.29. The highest BCUT2D eigenvalue weighted by atomic mass is 32.2. The van der Waals surface area contributed by atoms with E-state index in [9.17, 15) is 8.42 Å². The topological polar surface area (TPSA) is 95.8 Å². The Kier molecular flexibility index (Phi) is 7.36. The van der Waals surface area contributed by atoms with Crippen molar-refractivity contribution in [1.29, 1.82) is 0 Å². The largest absolute Gasteiger partial charge is 0.493 e. The summed E-state index contributed by atoms with van der Waals surface area (Å²) in [7, 11) is -3.66. The van der Waals surface area contributed by atoms with E-state index in [4.69, 9.17) is 17.0 Å². The maximum atomic E-state index is 13.5. The van der Waals surface area contributed by atoms with E-state index in [0.29, 0.717) is 41.5 Å². The molecule has 1 N–H and O–H groups in total. The first-order valence-corrected chi connectivity index (χ1v) is 13.6. The molecule has 1 saturated heterocycles. The molecular weight excluding hydrogens is 472 g/mol. The summed E-state index contributed by atoms with van der Waals surface area (Å²) >= 11 is 5.60. The van der Waals surface area contributed by atoms with Gasteiger partial charge in [0.25, 0.3) is 0 Å². The first-order chi connectivity index (χ1) is 16.3. The second-order valence-electron chi connectivity index (χ2n) is 8.35. The van der Waals surface area contributed by atoms with Crippen molar-refractivity contribution in [3.63, 3.8) is 0 Å². The molecule has 0 spiro atoms. The van der Waals surface area contributed by atoms with Crippen molar-refractivity contribution in [2.45, 2.75) is 45.4 Å². The first-order valence-electron chi connectivity index (χ1n) is 11.8. The third-order valence-corrected chi connectivity index (χ3v) is 8.33. The number of aryl methyl sites for hydroxylation is 2. The molecule has 0 saturated carbocycles. The van der Waals surface area contributed by atoms with E-state index in [1.807, 2.05) is 18.4 Å². The number of piperazine rings is 1. The minimum atomic E-state index is -3.66. The molecule has 0 atom stereocenters. The fraction of sp³-hybridized carbons (Fsp3) is 0.522. The average Bonchev–Trinajstić information content (AvgIpc) is 3.15. The Balaban J connectivity index is 1.82. The van der Waals surface area contributed by atoms with Crippen LogP contribution in [0.2, 0.25) is 0 Å². The average molecular weight is 505 g/mol. The highest BCUT2D eigenvalue weighted by molar-refractivity contribution is 7.89. The maximum Gasteiger partial charge on any atom is 0.243 e. The van der Waals surface area contributed by atoms with Crippen molar-refractivity contribution in [2.75, 3.05) is 39.3 Å². The summed E-state index contributed by atoms with van der Waals surface area (Å²) < 4.78 is 36.6. The number of nitrogens with zero attached hydrogens (tertiary/aromatic N) is 5. The second-order valence-corrected chi connectivity index (χ2v) is 10.7. The van der Waals surface area contributed by atoms with Crippen LogP contribution < -0.4 is 4.74 Å². The molecule has 34 heavy (non-hydrogen) atoms. The number of nitrogens with one attached hydrogen (secondary N) is 1. The lowest BCUT2D eigenvalue weighted by Gasteiger charge is -2.33. The number of ether oxygens (including phenoxy) is 1. The van der Waals surface area contributed by atoms with Gasteiger partial charge in [0.15, 0.2) is 10.5 Å². The van der Waals surface area contributed by atoms with Crippen LogP contribution in [0.25, 0.3) is 16.9 Å². The maximum absolute atomic E-state index is 13.5. The molecule has 0 aliphatic carbocycles. The van der Waals surface area contributed by atoms with Crippen LogP contribution in [0.1, 0.15) is 38.7 Å². The number of likely N-dealkylation sites (N-methyl/N-ethyl adjacent to an activating group) is 1. The number of fused-ring (bicyclic) bond motifs is 1. The number of imidazole rings is 1. The lowest BCUT2D eigenvalue weighted by molar-refractivity contribution is 0.196. The second kappa shape index (κ2) is 10.1. The normalized spacial score (nSPS) is 15.8. The SMILES string of the molecule is CCCc1nc(C)c2c(=S)nc(-c3cc(S(=O)(=O)N4CCN(CC)CC4)ccc3OCC)[nH]n12. The predicted molar refractivity (Wildman–Crippen MR) is 134 cm³/mol. The Labute approximate surface area is 205 Å². The van der Waals surface area contributed by atoms with Crippen molar-refractivity contribution >= 4 is 27.8 Å². The molecule has 4 rings (SSSR count). The minimum Gasteiger partial charge on any atom is -0.493 e. The summed E-state index contributed by atoms with van der Waals surface area (Å²) in [4.78, 5) is 11.7. The summed E-state index contributed by atoms with van der Waals surface area (Å²) in [5, 5.41) is 3.31. The number of aromatic amines is 1. The van der Waals surface area contributed by atoms with Gasteiger partial charge in [-0.05, 0) is 45.0 Å². The van der Waals surface area contributed by atoms with Crippen molar-refractivity contribution in [1.82, 2.24) is 28.8 Å². The fourth-order valence-electron chi connectivity index (χ4n) is 4.33. The highest BCUT2D eigenvalue weighted by Crippen LogP contribution is 2.32. The molecule has 2 aromatic heterocycles. The van der Waals surface area contributed by atoms with Crippen LogP contribution in [-0.4, -0.2) is 76.5 Å². The molecular formula is C23H32N6O3S2. The van der Waals surface area contributed by atoms with E-state index in [-0.39, 0.29) is 4.90 Å². The van der Waals surface area contributed by atoms with Gasteiger partial charge in [-0.15, -0.1) is 0 Å². The van der Waals surface area contributed by atoms with E-state index in [1.165, 1.54) is 0 Å². The zero-order valence-corrected chi connectivity index (χ0v) is 21.8. The summed E-state index contributed by atoms with van der Waals surface area (Å²) in [6.45, 7) is 11.7. The van der Waals surface area contributed by atoms with Gasteiger partial charge in [0, 0.05) is 32.6 Å². The van der Waals surface area contributed by atoms with Crippen molar-refractivity contribution < 1.29 is 13.2 Å². The van der Waals surface area contributed by atoms with E-state index in [1.54, 1.807) is 22.5 Å². The minimum absolute atomic E-state index is 0.215. The molecule has 3 aromatic rings. The predicted octanol–water partition coefficient (Wildman–Crippen LogP) is 3.44. The molecule has 184 valence electrons. The molecule has 0 amide bonds. The number of H-pyrrole nitrogens is 1. The summed E-state index contributed by atoms with van der Waals surface area (Å²) in [6.07, 6.45) is 1.71. The Hall–Kier alpha value is -2.34. The molecule has 1 aromatic carbocycles. The third-order valence-electron chi connectivity index (χ3n) is 6.15. The van der Waals surface area contributed by atoms with Gasteiger partial charge in [-0.1, -0.05) is 26.1 Å². The van der Waals surface area contributed by atoms with Crippen LogP contribution in [0.5, 0.6) is 5.75 Å². The fourth-order valence-corrected chi connectivity index (χ4v) is 6.11. The van der Waals surface area contributed by atoms with E-state index in [2.05, 4.69) is 33.8 Å². The molecule has 1 aliphatic rings. The van der Waals surface area contributed by atoms with Crippen LogP contribution in [-0.2, 0) is 16.4 Å². The van der Waals surface area contributed by atoms with Crippen LogP contribution in [0.4, 0.5) is 0 Å². The smallest absolute Gasteiger partial charge is 0.243 e. The lowest BCUT2D eigenvalue weighted by atomic mass is 10.2. The molecule has 9 nitrogen and oxygen atoms in total. The van der Waals surface area contributed by atoms with Gasteiger partial charge in [0.2, 0.25) is 10.0 Å². The van der Waals surface area contributed by atoms with E-state index < -0.39 is 10.0 Å². The Morgan fingerprint density at radius 1 is 1.12 bits per heavy atom. The van der Waals surface area contributed by atoms with Crippen molar-refractivity contribution in [3.05, 3.63) is 34.4 Å². The van der Waals surface area contributed by atoms with Gasteiger partial charge in [0.1, 0.15) is 17.1 Å². The monoisotopic (exact) mass is 504 g/mol. The van der Waals surface area contributed by atoms with Gasteiger partial charge < -0.3 is 9.64 Å². The van der Waals surface area contributed by atoms with Gasteiger partial charge in [-0.25, -0.2) is 22.9 Å². The molecule has 0 radical (unpaired) electrons. The standard InChI is InChI=1S/C23H32N6O3S2/c1-5-8-20-24-16(4)21-23(33)25-22(26-29(20)21)18-15-17(9-10-19(18)32-7-3)34(30,31)28-13-11-27(6-2)12-14-28/h9-10,15H,5-8,11-14H2,1-4H3,(H,25,26,33). The number of hydrogen-bond acceptors (Lipinski definition) is 7. The zero-order chi connectivity index (χ0) is 24.5. The number of benzene rings is 1. The number of rotatable bonds is 8. The van der Waals surface area contributed by atoms with E-state index >= 15 is 0 Å². The van der Waals surface area contributed by atoms with Gasteiger partial charge in [0.05, 0.1) is 22.8 Å². The molecule has 3 heterocycles. The van der Waals surface area contributed by atoms with Crippen LogP contribution in [0.3, 0.4) is 0 Å². The summed E-state index contributed by atoms with van der Waals surface area (Å²) in [5.41, 5.74) is 2.13. The Morgan fingerprint density at radius 3 is 2.50 bits per heavy atom. The third kappa shape index (κ3) is 4.61. The number of hydrogen-bond donors (Lipinski definition) is 1. The molecule has 1 fully saturated rings. The Bertz CT molecular complexity index is 1340. The molecule has 0 bridgehead atoms. The van der Waals surface area contributed by atoms with Gasteiger partial charge in [-0.3, -0.25) is 5.10 Å². The number of aromatic nitrogens is 4. The lowest BCUT2D eigenvalue weighted by Crippen LogP contribution is -2.48. The number of sulfonamides is 1. The van der Waals surface area contributed by atoms with Crippen LogP contribution in [0.15, 0.2) is 23.1 Å². The first kappa shape index (κ1) is 24.8. The van der Waals surface area contributed by atoms with Gasteiger partial charge in [-0.2, -0.15) is 4.31 Å². The Morgan fingerprint density at radius 2 is 1.85 bits per heavy atom. The zero-order valence-electron chi connectivity index (χ0n) is 20.2. The van der Waals surface area contributed by atoms with Crippen molar-refractivity contribution in [3.8, 4) is 17.1 Å². The summed E-state index contributed by atoms with van der Waals surface area (Å²) in [5.74, 6) is 1.85. The summed E-state index contributed by atoms with van der Waals surface area (Å²) in [6, 6.07) is 4.94. The van der Waals surface area contributed by atoms with Gasteiger partial charge >= 0.3 is 0 Å². The van der Waals surface area contributed by atoms with Crippen LogP contribution in [0, 0.1) is 11.6 Å². The van der Waals surface area contributed by atoms with Crippen LogP contribution >= 0.6 is 12.2 Å². The van der Waals surface area contributed by atoms with Crippen molar-refractivity contribution in [2.24, 2.45) is 0 Å². The van der Waals surface area contributed by atoms with E-state index in [0.717, 1.165) is 49.5 Å².